The van der Waals surface area contributed by atoms with Gasteiger partial charge in [-0.3, -0.25) is 0 Å². The molecule has 0 saturated heterocycles. The monoisotopic (exact) mass is 201 g/mol. The molecule has 2 rings (SSSR count). The minimum atomic E-state index is 0.182. The number of rotatable bonds is 3. The summed E-state index contributed by atoms with van der Waals surface area (Å²) in [7, 11) is 0. The predicted octanol–water partition coefficient (Wildman–Crippen LogP) is 3.20. The summed E-state index contributed by atoms with van der Waals surface area (Å²) < 4.78 is 5.48. The zero-order valence-corrected chi connectivity index (χ0v) is 7.92. The molecule has 0 amide bonds. The van der Waals surface area contributed by atoms with E-state index in [-0.39, 0.29) is 5.75 Å². The smallest absolute Gasteiger partial charge is 0.211 e. The Balaban J connectivity index is 2.24. The third-order valence-corrected chi connectivity index (χ3v) is 1.91. The highest BCUT2D eigenvalue weighted by Gasteiger charge is 2.04. The molecule has 2 aromatic carbocycles. The molecule has 0 atom stereocenters. The molecule has 1 radical (unpaired) electrons. The molecule has 0 spiro atoms. The van der Waals surface area contributed by atoms with Gasteiger partial charge in [-0.25, -0.2) is 0 Å². The molecule has 0 unspecified atom stereocenters. The Morgan fingerprint density at radius 1 is 0.733 bits per heavy atom. The van der Waals surface area contributed by atoms with Gasteiger partial charge < -0.3 is 9.62 Å². The van der Waals surface area contributed by atoms with Gasteiger partial charge in [0.2, 0.25) is 5.75 Å². The highest BCUT2D eigenvalue weighted by atomic mass is 17.1. The van der Waals surface area contributed by atoms with Gasteiger partial charge >= 0.3 is 0 Å². The van der Waals surface area contributed by atoms with Gasteiger partial charge in [-0.1, -0.05) is 30.3 Å². The van der Waals surface area contributed by atoms with Crippen LogP contribution in [0.25, 0.3) is 0 Å². The fraction of sp³-hybridized carbons (Fsp3) is 0. The summed E-state index contributed by atoms with van der Waals surface area (Å²) in [4.78, 5) is 3.94. The molecule has 75 valence electrons. The van der Waals surface area contributed by atoms with E-state index in [0.29, 0.717) is 11.5 Å². The molecular formula is C12H9O3. The summed E-state index contributed by atoms with van der Waals surface area (Å²) in [6.45, 7) is 0. The maximum Gasteiger partial charge on any atom is 0.211 e. The first-order valence-electron chi connectivity index (χ1n) is 4.52. The molecule has 0 aromatic heterocycles. The Hall–Kier alpha value is -2.00. The lowest BCUT2D eigenvalue weighted by Gasteiger charge is -2.06. The maximum atomic E-state index is 10.4. The summed E-state index contributed by atoms with van der Waals surface area (Å²) in [5.74, 6) is 1.27. The minimum absolute atomic E-state index is 0.182. The van der Waals surface area contributed by atoms with Crippen LogP contribution in [0.2, 0.25) is 0 Å². The van der Waals surface area contributed by atoms with Crippen LogP contribution >= 0.6 is 0 Å². The van der Waals surface area contributed by atoms with E-state index >= 15 is 0 Å². The van der Waals surface area contributed by atoms with Gasteiger partial charge in [0.15, 0.2) is 5.75 Å². The van der Waals surface area contributed by atoms with E-state index in [1.807, 2.05) is 30.3 Å². The van der Waals surface area contributed by atoms with Crippen molar-refractivity contribution in [2.75, 3.05) is 0 Å². The Kier molecular flexibility index (Phi) is 2.85. The molecule has 15 heavy (non-hydrogen) atoms. The summed E-state index contributed by atoms with van der Waals surface area (Å²) in [5, 5.41) is 10.4. The molecule has 0 heterocycles. The molecule has 0 aliphatic heterocycles. The Bertz CT molecular complexity index is 426. The molecule has 0 bridgehead atoms. The van der Waals surface area contributed by atoms with Gasteiger partial charge in [0.25, 0.3) is 0 Å². The highest BCUT2D eigenvalue weighted by molar-refractivity contribution is 5.42. The number of para-hydroxylation sites is 3. The molecule has 3 nitrogen and oxygen atoms in total. The average Bonchev–Trinajstić information content (AvgIpc) is 2.31. The van der Waals surface area contributed by atoms with E-state index in [0.717, 1.165) is 0 Å². The van der Waals surface area contributed by atoms with Crippen molar-refractivity contribution >= 4 is 0 Å². The van der Waals surface area contributed by atoms with Crippen LogP contribution in [-0.4, -0.2) is 0 Å². The Morgan fingerprint density at radius 3 is 2.00 bits per heavy atom. The van der Waals surface area contributed by atoms with Crippen LogP contribution < -0.4 is 9.62 Å². The van der Waals surface area contributed by atoms with Crippen molar-refractivity contribution in [3.05, 3.63) is 54.6 Å². The fourth-order valence-corrected chi connectivity index (χ4v) is 1.22. The molecular weight excluding hydrogens is 192 g/mol. The summed E-state index contributed by atoms with van der Waals surface area (Å²) >= 11 is 0. The van der Waals surface area contributed by atoms with Gasteiger partial charge in [-0.2, -0.15) is 0 Å². The quantitative estimate of drug-likeness (QED) is 0.565. The molecule has 0 fully saturated rings. The van der Waals surface area contributed by atoms with Crippen LogP contribution in [-0.2, 0) is 5.26 Å². The molecule has 2 aromatic rings. The second kappa shape index (κ2) is 4.48. The van der Waals surface area contributed by atoms with Gasteiger partial charge in [-0.15, -0.1) is 0 Å². The highest BCUT2D eigenvalue weighted by Crippen LogP contribution is 2.30. The lowest BCUT2D eigenvalue weighted by molar-refractivity contribution is -0.209. The molecule has 0 aliphatic rings. The van der Waals surface area contributed by atoms with Crippen LogP contribution in [0.5, 0.6) is 17.2 Å². The van der Waals surface area contributed by atoms with E-state index in [4.69, 9.17) is 4.74 Å². The van der Waals surface area contributed by atoms with Crippen LogP contribution in [0.1, 0.15) is 0 Å². The van der Waals surface area contributed by atoms with E-state index < -0.39 is 0 Å². The van der Waals surface area contributed by atoms with Crippen molar-refractivity contribution in [1.29, 1.82) is 0 Å². The first-order chi connectivity index (χ1) is 7.40. The number of hydrogen-bond acceptors (Lipinski definition) is 2. The fourth-order valence-electron chi connectivity index (χ4n) is 1.22. The molecule has 3 heteroatoms. The van der Waals surface area contributed by atoms with Gasteiger partial charge in [-0.05, 0) is 24.3 Å². The van der Waals surface area contributed by atoms with Crippen molar-refractivity contribution in [3.8, 4) is 17.2 Å². The van der Waals surface area contributed by atoms with Crippen LogP contribution in [0, 0.1) is 0 Å². The van der Waals surface area contributed by atoms with Crippen molar-refractivity contribution in [2.24, 2.45) is 0 Å². The maximum absolute atomic E-state index is 10.4. The van der Waals surface area contributed by atoms with Gasteiger partial charge in [0, 0.05) is 5.26 Å². The largest absolute Gasteiger partial charge is 0.453 e. The third-order valence-electron chi connectivity index (χ3n) is 1.91. The average molecular weight is 201 g/mol. The second-order valence-corrected chi connectivity index (χ2v) is 2.95. The van der Waals surface area contributed by atoms with Gasteiger partial charge in [0.1, 0.15) is 5.75 Å². The SMILES string of the molecule is [O]Oc1ccccc1Oc1ccccc1. The first kappa shape index (κ1) is 9.55. The summed E-state index contributed by atoms with van der Waals surface area (Å²) in [6.07, 6.45) is 0. The summed E-state index contributed by atoms with van der Waals surface area (Å²) in [5.41, 5.74) is 0. The number of benzene rings is 2. The first-order valence-corrected chi connectivity index (χ1v) is 4.52. The Labute approximate surface area is 87.4 Å². The van der Waals surface area contributed by atoms with Crippen molar-refractivity contribution in [3.63, 3.8) is 0 Å². The van der Waals surface area contributed by atoms with E-state index in [2.05, 4.69) is 4.89 Å². The van der Waals surface area contributed by atoms with Crippen LogP contribution in [0.15, 0.2) is 54.6 Å². The van der Waals surface area contributed by atoms with Crippen LogP contribution in [0.4, 0.5) is 0 Å². The lowest BCUT2D eigenvalue weighted by atomic mass is 10.3. The second-order valence-electron chi connectivity index (χ2n) is 2.95. The van der Waals surface area contributed by atoms with E-state index in [1.165, 1.54) is 0 Å². The number of hydrogen-bond donors (Lipinski definition) is 0. The van der Waals surface area contributed by atoms with Crippen LogP contribution in [0.3, 0.4) is 0 Å². The Morgan fingerprint density at radius 2 is 1.33 bits per heavy atom. The van der Waals surface area contributed by atoms with Crippen molar-refractivity contribution in [1.82, 2.24) is 0 Å². The zero-order valence-electron chi connectivity index (χ0n) is 7.92. The molecule has 0 saturated carbocycles. The minimum Gasteiger partial charge on any atom is -0.453 e. The van der Waals surface area contributed by atoms with Crippen molar-refractivity contribution < 1.29 is 14.9 Å². The standard InChI is InChI=1S/C12H9O3/c13-15-12-9-5-4-8-11(12)14-10-6-2-1-3-7-10/h1-9H. The zero-order chi connectivity index (χ0) is 10.5. The normalized spacial score (nSPS) is 9.67. The predicted molar refractivity (Wildman–Crippen MR) is 54.3 cm³/mol. The van der Waals surface area contributed by atoms with Crippen molar-refractivity contribution in [2.45, 2.75) is 0 Å². The molecule has 0 aliphatic carbocycles. The third kappa shape index (κ3) is 2.27. The van der Waals surface area contributed by atoms with Gasteiger partial charge in [0.05, 0.1) is 0 Å². The molecule has 0 N–H and O–H groups in total. The topological polar surface area (TPSA) is 38.4 Å². The lowest BCUT2D eigenvalue weighted by Crippen LogP contribution is -1.88. The number of ether oxygens (including phenoxy) is 1. The summed E-state index contributed by atoms with van der Waals surface area (Å²) in [6, 6.07) is 16.0. The van der Waals surface area contributed by atoms with E-state index in [1.54, 1.807) is 24.3 Å². The van der Waals surface area contributed by atoms with E-state index in [9.17, 15) is 5.26 Å².